The lowest BCUT2D eigenvalue weighted by atomic mass is 9.78. The van der Waals surface area contributed by atoms with Gasteiger partial charge in [-0.3, -0.25) is 14.3 Å². The lowest BCUT2D eigenvalue weighted by molar-refractivity contribution is -0.280. The maximum absolute atomic E-state index is 12.6. The van der Waals surface area contributed by atoms with Crippen molar-refractivity contribution in [1.29, 1.82) is 0 Å². The molecule has 4 rings (SSSR count). The van der Waals surface area contributed by atoms with Crippen LogP contribution in [0, 0.1) is 6.92 Å². The van der Waals surface area contributed by atoms with E-state index in [1.165, 1.54) is 28.3 Å². The number of fused-ring (bicyclic) bond motifs is 2. The summed E-state index contributed by atoms with van der Waals surface area (Å²) in [6.45, 7) is 6.12. The number of unbranched alkanes of at least 4 members (excludes halogenated alkanes) is 4. The van der Waals surface area contributed by atoms with Gasteiger partial charge in [0.05, 0.1) is 13.2 Å². The molecule has 2 aromatic rings. The summed E-state index contributed by atoms with van der Waals surface area (Å²) in [5.74, 6) is 0. The van der Waals surface area contributed by atoms with Crippen molar-refractivity contribution in [2.24, 2.45) is 0 Å². The van der Waals surface area contributed by atoms with Gasteiger partial charge in [0.1, 0.15) is 12.2 Å². The number of aliphatic hydroxyl groups is 2. The average molecular weight is 487 g/mol. The Balaban J connectivity index is 1.75. The highest BCUT2D eigenvalue weighted by molar-refractivity contribution is 5.45. The molecule has 2 aliphatic rings. The predicted molar refractivity (Wildman–Crippen MR) is 132 cm³/mol. The molecule has 2 aliphatic heterocycles. The minimum atomic E-state index is -1.41. The zero-order chi connectivity index (χ0) is 25.2. The van der Waals surface area contributed by atoms with Gasteiger partial charge in [-0.25, -0.2) is 4.79 Å². The normalized spacial score (nSPS) is 25.8. The van der Waals surface area contributed by atoms with Crippen LogP contribution in [0.4, 0.5) is 0 Å². The van der Waals surface area contributed by atoms with Gasteiger partial charge in [-0.05, 0) is 54.9 Å². The second-order valence-electron chi connectivity index (χ2n) is 9.94. The number of ether oxygens (including phenoxy) is 2. The second kappa shape index (κ2) is 10.8. The van der Waals surface area contributed by atoms with Crippen molar-refractivity contribution in [1.82, 2.24) is 9.55 Å². The Morgan fingerprint density at radius 3 is 2.37 bits per heavy atom. The Morgan fingerprint density at radius 2 is 1.71 bits per heavy atom. The van der Waals surface area contributed by atoms with Gasteiger partial charge in [-0.1, -0.05) is 51.7 Å². The fourth-order valence-electron chi connectivity index (χ4n) is 5.44. The van der Waals surface area contributed by atoms with Gasteiger partial charge in [0.15, 0.2) is 11.8 Å². The molecule has 1 fully saturated rings. The van der Waals surface area contributed by atoms with E-state index in [2.05, 4.69) is 31.0 Å². The van der Waals surface area contributed by atoms with Crippen molar-refractivity contribution in [3.63, 3.8) is 0 Å². The molecule has 1 saturated heterocycles. The molecule has 0 saturated carbocycles. The number of hydrogen-bond acceptors (Lipinski definition) is 6. The summed E-state index contributed by atoms with van der Waals surface area (Å²) >= 11 is 0. The van der Waals surface area contributed by atoms with Gasteiger partial charge in [-0.2, -0.15) is 0 Å². The molecule has 1 spiro atoms. The molecule has 8 nitrogen and oxygen atoms in total. The van der Waals surface area contributed by atoms with Crippen LogP contribution in [0.2, 0.25) is 0 Å². The van der Waals surface area contributed by atoms with E-state index in [0.29, 0.717) is 5.56 Å². The standard InChI is InChI=1S/C27H38N2O6/c1-4-6-8-10-18-12-20-15-35-27(21(20)13-19(18)11-9-7-5-2)22(30)16-34-25(23(27)31)29-14-17(3)24(32)28-26(29)33/h12-14,22-23,25,30-31H,4-11,15-16H2,1-3H3,(H,28,32,33)/t22-,23+,25-,27-/m1/s1. The van der Waals surface area contributed by atoms with E-state index < -0.39 is 35.3 Å². The summed E-state index contributed by atoms with van der Waals surface area (Å²) in [7, 11) is 0. The van der Waals surface area contributed by atoms with Crippen LogP contribution in [0.15, 0.2) is 27.9 Å². The number of nitrogens with one attached hydrogen (secondary N) is 1. The van der Waals surface area contributed by atoms with Crippen molar-refractivity contribution in [3.8, 4) is 0 Å². The molecule has 0 amide bonds. The van der Waals surface area contributed by atoms with E-state index in [9.17, 15) is 19.8 Å². The molecule has 0 bridgehead atoms. The highest BCUT2D eigenvalue weighted by Gasteiger charge is 2.58. The third kappa shape index (κ3) is 4.77. The smallest absolute Gasteiger partial charge is 0.330 e. The first-order chi connectivity index (χ1) is 16.8. The third-order valence-electron chi connectivity index (χ3n) is 7.46. The van der Waals surface area contributed by atoms with E-state index in [1.54, 1.807) is 6.92 Å². The van der Waals surface area contributed by atoms with Crippen LogP contribution in [0.25, 0.3) is 0 Å². The first kappa shape index (κ1) is 25.8. The SMILES string of the molecule is CCCCCc1cc2c(cc1CCCCC)[C@@]1(OC2)[C@H](O)CO[C@@H](n2cc(C)c(=O)[nH]c2=O)[C@@H]1O. The number of aryl methyl sites for hydroxylation is 3. The topological polar surface area (TPSA) is 114 Å². The molecular formula is C27H38N2O6. The van der Waals surface area contributed by atoms with E-state index >= 15 is 0 Å². The Bertz CT molecular complexity index is 1160. The molecule has 3 heterocycles. The first-order valence-corrected chi connectivity index (χ1v) is 12.9. The largest absolute Gasteiger partial charge is 0.387 e. The Morgan fingerprint density at radius 1 is 1.06 bits per heavy atom. The molecule has 35 heavy (non-hydrogen) atoms. The Labute approximate surface area is 205 Å². The van der Waals surface area contributed by atoms with Crippen LogP contribution >= 0.6 is 0 Å². The monoisotopic (exact) mass is 486 g/mol. The van der Waals surface area contributed by atoms with Crippen LogP contribution in [-0.4, -0.2) is 38.6 Å². The van der Waals surface area contributed by atoms with Crippen molar-refractivity contribution in [3.05, 3.63) is 67.0 Å². The zero-order valence-electron chi connectivity index (χ0n) is 21.0. The number of nitrogens with zero attached hydrogens (tertiary/aromatic N) is 1. The van der Waals surface area contributed by atoms with E-state index in [-0.39, 0.29) is 13.2 Å². The second-order valence-corrected chi connectivity index (χ2v) is 9.94. The van der Waals surface area contributed by atoms with Crippen molar-refractivity contribution in [2.75, 3.05) is 6.61 Å². The molecule has 1 aromatic heterocycles. The number of aliphatic hydroxyl groups excluding tert-OH is 2. The van der Waals surface area contributed by atoms with Crippen LogP contribution in [0.5, 0.6) is 0 Å². The summed E-state index contributed by atoms with van der Waals surface area (Å²) in [6.07, 6.45) is 6.54. The number of hydrogen-bond donors (Lipinski definition) is 3. The average Bonchev–Trinajstić information content (AvgIpc) is 3.20. The molecular weight excluding hydrogens is 448 g/mol. The number of benzene rings is 1. The van der Waals surface area contributed by atoms with Crippen LogP contribution in [0.3, 0.4) is 0 Å². The van der Waals surface area contributed by atoms with Crippen molar-refractivity contribution >= 4 is 0 Å². The molecule has 4 atom stereocenters. The molecule has 192 valence electrons. The maximum Gasteiger partial charge on any atom is 0.330 e. The Kier molecular flexibility index (Phi) is 7.96. The molecule has 0 aliphatic carbocycles. The number of aromatic amines is 1. The summed E-state index contributed by atoms with van der Waals surface area (Å²) in [5, 5.41) is 22.7. The van der Waals surface area contributed by atoms with Gasteiger partial charge < -0.3 is 19.7 Å². The third-order valence-corrected chi connectivity index (χ3v) is 7.46. The molecule has 3 N–H and O–H groups in total. The zero-order valence-corrected chi connectivity index (χ0v) is 21.0. The summed E-state index contributed by atoms with van der Waals surface area (Å²) < 4.78 is 13.1. The minimum Gasteiger partial charge on any atom is -0.387 e. The van der Waals surface area contributed by atoms with Gasteiger partial charge in [0.2, 0.25) is 0 Å². The van der Waals surface area contributed by atoms with E-state index in [0.717, 1.165) is 56.1 Å². The van der Waals surface area contributed by atoms with Crippen LogP contribution in [-0.2, 0) is 34.5 Å². The van der Waals surface area contributed by atoms with Gasteiger partial charge >= 0.3 is 5.69 Å². The van der Waals surface area contributed by atoms with E-state index in [1.807, 2.05) is 0 Å². The number of rotatable bonds is 9. The summed E-state index contributed by atoms with van der Waals surface area (Å²) in [6, 6.07) is 4.29. The van der Waals surface area contributed by atoms with E-state index in [4.69, 9.17) is 9.47 Å². The number of aromatic nitrogens is 2. The first-order valence-electron chi connectivity index (χ1n) is 12.9. The fraction of sp³-hybridized carbons (Fsp3) is 0.630. The van der Waals surface area contributed by atoms with Crippen LogP contribution < -0.4 is 11.2 Å². The quantitative estimate of drug-likeness (QED) is 0.470. The Hall–Kier alpha value is -2.26. The van der Waals surface area contributed by atoms with Gasteiger partial charge in [0.25, 0.3) is 5.56 Å². The lowest BCUT2D eigenvalue weighted by Crippen LogP contribution is -2.60. The van der Waals surface area contributed by atoms with Crippen molar-refractivity contribution < 1.29 is 19.7 Å². The molecule has 1 aromatic carbocycles. The fourth-order valence-corrected chi connectivity index (χ4v) is 5.44. The van der Waals surface area contributed by atoms with Crippen molar-refractivity contribution in [2.45, 2.75) is 103 Å². The van der Waals surface area contributed by atoms with Gasteiger partial charge in [0, 0.05) is 11.8 Å². The highest BCUT2D eigenvalue weighted by Crippen LogP contribution is 2.48. The number of H-pyrrole nitrogens is 1. The molecule has 8 heteroatoms. The molecule has 0 unspecified atom stereocenters. The maximum atomic E-state index is 12.6. The summed E-state index contributed by atoms with van der Waals surface area (Å²) in [5.41, 5.74) is 2.02. The highest BCUT2D eigenvalue weighted by atomic mass is 16.6. The minimum absolute atomic E-state index is 0.116. The lowest BCUT2D eigenvalue weighted by Gasteiger charge is -2.46. The molecule has 0 radical (unpaired) electrons. The van der Waals surface area contributed by atoms with Gasteiger partial charge in [-0.15, -0.1) is 0 Å². The predicted octanol–water partition coefficient (Wildman–Crippen LogP) is 2.99. The summed E-state index contributed by atoms with van der Waals surface area (Å²) in [4.78, 5) is 26.7. The van der Waals surface area contributed by atoms with Crippen LogP contribution in [0.1, 0.15) is 86.4 Å².